The van der Waals surface area contributed by atoms with Gasteiger partial charge in [-0.05, 0) is 33.3 Å². The van der Waals surface area contributed by atoms with Crippen molar-refractivity contribution in [2.75, 3.05) is 11.9 Å². The normalized spacial score (nSPS) is 12.6. The minimum Gasteiger partial charge on any atom is -0.394 e. The van der Waals surface area contributed by atoms with Crippen LogP contribution in [0.5, 0.6) is 0 Å². The highest BCUT2D eigenvalue weighted by atomic mass is 16.3. The number of aliphatic hydroxyl groups excluding tert-OH is 1. The molecule has 0 aliphatic rings. The van der Waals surface area contributed by atoms with E-state index in [-0.39, 0.29) is 6.61 Å². The van der Waals surface area contributed by atoms with Crippen molar-refractivity contribution in [3.8, 4) is 0 Å². The van der Waals surface area contributed by atoms with E-state index >= 15 is 0 Å². The van der Waals surface area contributed by atoms with Crippen LogP contribution < -0.4 is 5.32 Å². The largest absolute Gasteiger partial charge is 0.394 e. The molecule has 0 aliphatic heterocycles. The molecule has 6 nitrogen and oxygen atoms in total. The Morgan fingerprint density at radius 3 is 2.80 bits per heavy atom. The Hall–Kier alpha value is -1.82. The zero-order valence-corrected chi connectivity index (χ0v) is 12.4. The van der Waals surface area contributed by atoms with E-state index in [1.54, 1.807) is 6.20 Å². The summed E-state index contributed by atoms with van der Waals surface area (Å²) in [6, 6.07) is 2.24. The molecule has 6 heteroatoms. The standard InChI is InChI=1S/C14H23N5O/c1-11(5-8-18-7-4-6-15-18)16-14-12(2)13(3)17-19(14)9-10-20/h4,6-7,11,16,20H,5,8-10H2,1-3H3. The summed E-state index contributed by atoms with van der Waals surface area (Å²) in [5.41, 5.74) is 2.14. The third-order valence-corrected chi connectivity index (χ3v) is 3.47. The molecule has 1 unspecified atom stereocenters. The predicted molar refractivity (Wildman–Crippen MR) is 78.7 cm³/mol. The van der Waals surface area contributed by atoms with Gasteiger partial charge in [-0.25, -0.2) is 4.68 Å². The molecule has 0 spiro atoms. The molecular formula is C14H23N5O. The van der Waals surface area contributed by atoms with Gasteiger partial charge in [0.1, 0.15) is 5.82 Å². The van der Waals surface area contributed by atoms with Crippen LogP contribution in [0.15, 0.2) is 18.5 Å². The van der Waals surface area contributed by atoms with Crippen LogP contribution in [0.2, 0.25) is 0 Å². The molecule has 2 N–H and O–H groups in total. The molecule has 0 bridgehead atoms. The van der Waals surface area contributed by atoms with E-state index in [1.165, 1.54) is 0 Å². The molecule has 2 aromatic rings. The van der Waals surface area contributed by atoms with E-state index in [9.17, 15) is 0 Å². The molecule has 0 radical (unpaired) electrons. The molecule has 20 heavy (non-hydrogen) atoms. The van der Waals surface area contributed by atoms with Crippen molar-refractivity contribution in [2.24, 2.45) is 0 Å². The van der Waals surface area contributed by atoms with Gasteiger partial charge < -0.3 is 10.4 Å². The van der Waals surface area contributed by atoms with E-state index in [1.807, 2.05) is 28.6 Å². The van der Waals surface area contributed by atoms with Crippen molar-refractivity contribution in [2.45, 2.75) is 46.3 Å². The Kier molecular flexibility index (Phi) is 4.79. The average molecular weight is 277 g/mol. The van der Waals surface area contributed by atoms with Crippen molar-refractivity contribution in [1.82, 2.24) is 19.6 Å². The average Bonchev–Trinajstić information content (AvgIpc) is 3.02. The summed E-state index contributed by atoms with van der Waals surface area (Å²) in [5, 5.41) is 21.2. The van der Waals surface area contributed by atoms with Crippen molar-refractivity contribution >= 4 is 5.82 Å². The van der Waals surface area contributed by atoms with Crippen LogP contribution in [0.25, 0.3) is 0 Å². The first-order valence-electron chi connectivity index (χ1n) is 7.00. The molecule has 2 heterocycles. The Balaban J connectivity index is 1.97. The van der Waals surface area contributed by atoms with Crippen LogP contribution in [0.3, 0.4) is 0 Å². The summed E-state index contributed by atoms with van der Waals surface area (Å²) >= 11 is 0. The molecule has 0 fully saturated rings. The molecule has 2 rings (SSSR count). The Morgan fingerprint density at radius 2 is 2.15 bits per heavy atom. The number of nitrogens with zero attached hydrogens (tertiary/aromatic N) is 4. The van der Waals surface area contributed by atoms with Crippen molar-refractivity contribution in [3.05, 3.63) is 29.7 Å². The maximum absolute atomic E-state index is 9.11. The Labute approximate surface area is 119 Å². The van der Waals surface area contributed by atoms with E-state index in [0.717, 1.165) is 30.0 Å². The lowest BCUT2D eigenvalue weighted by Gasteiger charge is -2.17. The van der Waals surface area contributed by atoms with E-state index in [4.69, 9.17) is 5.11 Å². The zero-order valence-electron chi connectivity index (χ0n) is 12.4. The number of aryl methyl sites for hydroxylation is 2. The lowest BCUT2D eigenvalue weighted by molar-refractivity contribution is 0.270. The second kappa shape index (κ2) is 6.56. The Bertz CT molecular complexity index is 532. The highest BCUT2D eigenvalue weighted by molar-refractivity contribution is 5.47. The summed E-state index contributed by atoms with van der Waals surface area (Å²) in [4.78, 5) is 0. The van der Waals surface area contributed by atoms with Gasteiger partial charge in [-0.15, -0.1) is 0 Å². The molecule has 2 aromatic heterocycles. The molecule has 0 saturated heterocycles. The van der Waals surface area contributed by atoms with Gasteiger partial charge in [-0.1, -0.05) is 0 Å². The summed E-state index contributed by atoms with van der Waals surface area (Å²) in [6.45, 7) is 7.68. The first-order valence-corrected chi connectivity index (χ1v) is 7.00. The van der Waals surface area contributed by atoms with Gasteiger partial charge in [0.05, 0.1) is 18.8 Å². The third-order valence-electron chi connectivity index (χ3n) is 3.47. The maximum atomic E-state index is 9.11. The van der Waals surface area contributed by atoms with Gasteiger partial charge in [0, 0.05) is 30.5 Å². The Morgan fingerprint density at radius 1 is 1.35 bits per heavy atom. The number of anilines is 1. The second-order valence-electron chi connectivity index (χ2n) is 5.11. The van der Waals surface area contributed by atoms with Crippen LogP contribution >= 0.6 is 0 Å². The number of aliphatic hydroxyl groups is 1. The minimum atomic E-state index is 0.0942. The molecule has 0 aromatic carbocycles. The van der Waals surface area contributed by atoms with Crippen molar-refractivity contribution < 1.29 is 5.11 Å². The van der Waals surface area contributed by atoms with E-state index in [0.29, 0.717) is 12.6 Å². The SMILES string of the molecule is Cc1nn(CCO)c(NC(C)CCn2cccn2)c1C. The fourth-order valence-corrected chi connectivity index (χ4v) is 2.17. The quantitative estimate of drug-likeness (QED) is 0.806. The van der Waals surface area contributed by atoms with Crippen molar-refractivity contribution in [1.29, 1.82) is 0 Å². The maximum Gasteiger partial charge on any atom is 0.127 e. The van der Waals surface area contributed by atoms with Crippen LogP contribution in [0.4, 0.5) is 5.82 Å². The highest BCUT2D eigenvalue weighted by Crippen LogP contribution is 2.19. The smallest absolute Gasteiger partial charge is 0.127 e. The molecule has 0 amide bonds. The lowest BCUT2D eigenvalue weighted by Crippen LogP contribution is -2.21. The fourth-order valence-electron chi connectivity index (χ4n) is 2.17. The van der Waals surface area contributed by atoms with Crippen molar-refractivity contribution in [3.63, 3.8) is 0 Å². The summed E-state index contributed by atoms with van der Waals surface area (Å²) < 4.78 is 3.77. The fraction of sp³-hybridized carbons (Fsp3) is 0.571. The molecular weight excluding hydrogens is 254 g/mol. The second-order valence-corrected chi connectivity index (χ2v) is 5.11. The number of hydrogen-bond donors (Lipinski definition) is 2. The van der Waals surface area contributed by atoms with E-state index in [2.05, 4.69) is 29.4 Å². The molecule has 0 aliphatic carbocycles. The van der Waals surface area contributed by atoms with Gasteiger partial charge in [0.2, 0.25) is 0 Å². The third kappa shape index (κ3) is 3.39. The summed E-state index contributed by atoms with van der Waals surface area (Å²) in [5.74, 6) is 1.00. The summed E-state index contributed by atoms with van der Waals surface area (Å²) in [6.07, 6.45) is 4.74. The van der Waals surface area contributed by atoms with Crippen LogP contribution in [-0.2, 0) is 13.1 Å². The zero-order chi connectivity index (χ0) is 14.5. The lowest BCUT2D eigenvalue weighted by atomic mass is 10.2. The number of aromatic nitrogens is 4. The highest BCUT2D eigenvalue weighted by Gasteiger charge is 2.13. The van der Waals surface area contributed by atoms with E-state index < -0.39 is 0 Å². The predicted octanol–water partition coefficient (Wildman–Crippen LogP) is 1.58. The van der Waals surface area contributed by atoms with Gasteiger partial charge in [-0.2, -0.15) is 10.2 Å². The van der Waals surface area contributed by atoms with Gasteiger partial charge in [0.15, 0.2) is 0 Å². The van der Waals surface area contributed by atoms with Gasteiger partial charge in [-0.3, -0.25) is 4.68 Å². The van der Waals surface area contributed by atoms with Gasteiger partial charge >= 0.3 is 0 Å². The minimum absolute atomic E-state index is 0.0942. The van der Waals surface area contributed by atoms with Crippen LogP contribution in [0.1, 0.15) is 24.6 Å². The topological polar surface area (TPSA) is 67.9 Å². The molecule has 0 saturated carbocycles. The van der Waals surface area contributed by atoms with Gasteiger partial charge in [0.25, 0.3) is 0 Å². The first kappa shape index (κ1) is 14.6. The number of hydrogen-bond acceptors (Lipinski definition) is 4. The molecule has 1 atom stereocenters. The van der Waals surface area contributed by atoms with Crippen LogP contribution in [0, 0.1) is 13.8 Å². The number of rotatable bonds is 7. The first-order chi connectivity index (χ1) is 9.61. The summed E-state index contributed by atoms with van der Waals surface area (Å²) in [7, 11) is 0. The monoisotopic (exact) mass is 277 g/mol. The van der Waals surface area contributed by atoms with Crippen LogP contribution in [-0.4, -0.2) is 37.3 Å². The number of nitrogens with one attached hydrogen (secondary N) is 1. The molecule has 110 valence electrons.